The van der Waals surface area contributed by atoms with Gasteiger partial charge in [-0.15, -0.1) is 0 Å². The van der Waals surface area contributed by atoms with E-state index in [9.17, 15) is 0 Å². The van der Waals surface area contributed by atoms with Crippen LogP contribution in [-0.4, -0.2) is 22.9 Å². The first kappa shape index (κ1) is 15.9. The molecule has 0 radical (unpaired) electrons. The van der Waals surface area contributed by atoms with E-state index in [4.69, 9.17) is 17.0 Å². The first-order valence-corrected chi connectivity index (χ1v) is 7.23. The second kappa shape index (κ2) is 8.09. The molecule has 0 saturated heterocycles. The fourth-order valence-electron chi connectivity index (χ4n) is 1.83. The van der Waals surface area contributed by atoms with E-state index in [0.29, 0.717) is 11.7 Å². The lowest BCUT2D eigenvalue weighted by Gasteiger charge is -2.11. The minimum Gasteiger partial charge on any atom is -0.496 e. The quantitative estimate of drug-likeness (QED) is 0.504. The van der Waals surface area contributed by atoms with Crippen LogP contribution in [0, 0.1) is 0 Å². The fourth-order valence-corrected chi connectivity index (χ4v) is 1.95. The predicted molar refractivity (Wildman–Crippen MR) is 92.0 cm³/mol. The number of nitrogens with zero attached hydrogens (tertiary/aromatic N) is 2. The summed E-state index contributed by atoms with van der Waals surface area (Å²) < 4.78 is 5.29. The summed E-state index contributed by atoms with van der Waals surface area (Å²) in [6.07, 6.45) is 1.73. The van der Waals surface area contributed by atoms with E-state index < -0.39 is 0 Å². The van der Waals surface area contributed by atoms with Crippen molar-refractivity contribution in [1.29, 1.82) is 0 Å². The molecule has 0 spiro atoms. The third-order valence-electron chi connectivity index (χ3n) is 2.99. The Hall–Kier alpha value is -2.47. The summed E-state index contributed by atoms with van der Waals surface area (Å²) in [6.45, 7) is 2.44. The zero-order chi connectivity index (χ0) is 15.8. The van der Waals surface area contributed by atoms with Gasteiger partial charge in [-0.1, -0.05) is 24.3 Å². The van der Waals surface area contributed by atoms with Gasteiger partial charge in [0.05, 0.1) is 18.5 Å². The maximum absolute atomic E-state index is 5.29. The van der Waals surface area contributed by atoms with E-state index in [0.717, 1.165) is 22.7 Å². The average Bonchev–Trinajstić information content (AvgIpc) is 2.58. The maximum Gasteiger partial charge on any atom is 0.187 e. The van der Waals surface area contributed by atoms with Gasteiger partial charge < -0.3 is 10.1 Å². The lowest BCUT2D eigenvalue weighted by molar-refractivity contribution is 0.409. The molecule has 0 bridgehead atoms. The second-order valence-electron chi connectivity index (χ2n) is 4.52. The van der Waals surface area contributed by atoms with Gasteiger partial charge in [-0.25, -0.2) is 0 Å². The summed E-state index contributed by atoms with van der Waals surface area (Å²) >= 11 is 5.21. The van der Waals surface area contributed by atoms with Gasteiger partial charge in [-0.05, 0) is 37.3 Å². The normalized spacial score (nSPS) is 10.9. The molecule has 6 heteroatoms. The molecular weight excluding hydrogens is 296 g/mol. The maximum atomic E-state index is 5.29. The third-order valence-corrected chi connectivity index (χ3v) is 3.23. The topological polar surface area (TPSA) is 58.5 Å². The van der Waals surface area contributed by atoms with Gasteiger partial charge in [0.2, 0.25) is 0 Å². The van der Waals surface area contributed by atoms with Gasteiger partial charge in [0.15, 0.2) is 5.11 Å². The van der Waals surface area contributed by atoms with Gasteiger partial charge in [0.25, 0.3) is 0 Å². The summed E-state index contributed by atoms with van der Waals surface area (Å²) in [4.78, 5) is 4.22. The second-order valence-corrected chi connectivity index (χ2v) is 4.93. The Bertz CT molecular complexity index is 658. The number of nitrogens with one attached hydrogen (secondary N) is 2. The van der Waals surface area contributed by atoms with Gasteiger partial charge in [0, 0.05) is 18.3 Å². The van der Waals surface area contributed by atoms with Crippen molar-refractivity contribution < 1.29 is 4.74 Å². The van der Waals surface area contributed by atoms with Crippen LogP contribution < -0.4 is 15.5 Å². The average molecular weight is 314 g/mol. The molecule has 114 valence electrons. The Balaban J connectivity index is 1.88. The summed E-state index contributed by atoms with van der Waals surface area (Å²) in [5, 5.41) is 7.76. The molecule has 1 aromatic heterocycles. The molecule has 0 fully saturated rings. The lowest BCUT2D eigenvalue weighted by Crippen LogP contribution is -2.32. The summed E-state index contributed by atoms with van der Waals surface area (Å²) in [5.41, 5.74) is 5.42. The molecule has 0 saturated carbocycles. The van der Waals surface area contributed by atoms with Crippen molar-refractivity contribution in [2.45, 2.75) is 13.5 Å². The Morgan fingerprint density at radius 2 is 2.00 bits per heavy atom. The van der Waals surface area contributed by atoms with Gasteiger partial charge in [0.1, 0.15) is 5.75 Å². The van der Waals surface area contributed by atoms with Crippen molar-refractivity contribution in [3.8, 4) is 5.75 Å². The number of benzene rings is 1. The highest BCUT2D eigenvalue weighted by atomic mass is 32.1. The summed E-state index contributed by atoms with van der Waals surface area (Å²) in [7, 11) is 1.65. The Labute approximate surface area is 135 Å². The molecule has 0 unspecified atom stereocenters. The highest BCUT2D eigenvalue weighted by molar-refractivity contribution is 7.80. The van der Waals surface area contributed by atoms with Gasteiger partial charge in [-0.3, -0.25) is 10.4 Å². The van der Waals surface area contributed by atoms with Crippen molar-refractivity contribution in [2.24, 2.45) is 5.10 Å². The smallest absolute Gasteiger partial charge is 0.187 e. The minimum absolute atomic E-state index is 0.446. The van der Waals surface area contributed by atoms with Crippen LogP contribution in [-0.2, 0) is 6.54 Å². The molecule has 1 heterocycles. The number of hydrogen-bond donors (Lipinski definition) is 2. The minimum atomic E-state index is 0.446. The first-order chi connectivity index (χ1) is 10.7. The molecule has 22 heavy (non-hydrogen) atoms. The van der Waals surface area contributed by atoms with Crippen molar-refractivity contribution in [1.82, 2.24) is 15.7 Å². The largest absolute Gasteiger partial charge is 0.496 e. The van der Waals surface area contributed by atoms with Gasteiger partial charge in [-0.2, -0.15) is 5.10 Å². The van der Waals surface area contributed by atoms with Crippen LogP contribution >= 0.6 is 12.2 Å². The number of rotatable bonds is 5. The molecule has 0 aliphatic rings. The van der Waals surface area contributed by atoms with Crippen LogP contribution in [0.2, 0.25) is 0 Å². The number of hydrogen-bond acceptors (Lipinski definition) is 4. The number of thiocarbonyl (C=S) groups is 1. The molecule has 0 aliphatic heterocycles. The number of ether oxygens (including phenoxy) is 1. The molecule has 2 aromatic rings. The van der Waals surface area contributed by atoms with Crippen LogP contribution in [0.1, 0.15) is 18.2 Å². The van der Waals surface area contributed by atoms with E-state index in [2.05, 4.69) is 20.8 Å². The molecule has 5 nitrogen and oxygen atoms in total. The fraction of sp³-hybridized carbons (Fsp3) is 0.188. The standard InChI is InChI=1S/C16H18N4OS/c1-12(14-8-5-6-10-17-14)19-20-16(22)18-11-13-7-3-4-9-15(13)21-2/h3-10H,11H2,1-2H3,(H2,18,20,22)/b19-12+. The van der Waals surface area contributed by atoms with Crippen LogP contribution in [0.5, 0.6) is 5.75 Å². The van der Waals surface area contributed by atoms with Crippen LogP contribution in [0.15, 0.2) is 53.8 Å². The number of methoxy groups -OCH3 is 1. The monoisotopic (exact) mass is 314 g/mol. The Morgan fingerprint density at radius 3 is 2.73 bits per heavy atom. The molecule has 2 N–H and O–H groups in total. The van der Waals surface area contributed by atoms with E-state index >= 15 is 0 Å². The van der Waals surface area contributed by atoms with Crippen molar-refractivity contribution in [3.63, 3.8) is 0 Å². The number of hydrazone groups is 1. The Kier molecular flexibility index (Phi) is 5.85. The lowest BCUT2D eigenvalue weighted by atomic mass is 10.2. The van der Waals surface area contributed by atoms with E-state index in [1.165, 1.54) is 0 Å². The SMILES string of the molecule is COc1ccccc1CNC(=S)N/N=C(\C)c1ccccn1. The molecule has 0 atom stereocenters. The summed E-state index contributed by atoms with van der Waals surface area (Å²) in [5.74, 6) is 0.825. The number of para-hydroxylation sites is 1. The van der Waals surface area contributed by atoms with Crippen molar-refractivity contribution in [2.75, 3.05) is 7.11 Å². The van der Waals surface area contributed by atoms with Crippen LogP contribution in [0.25, 0.3) is 0 Å². The molecule has 0 aliphatic carbocycles. The zero-order valence-corrected chi connectivity index (χ0v) is 13.4. The molecule has 2 rings (SSSR count). The molecule has 0 amide bonds. The zero-order valence-electron chi connectivity index (χ0n) is 12.5. The van der Waals surface area contributed by atoms with Crippen LogP contribution in [0.4, 0.5) is 0 Å². The molecular formula is C16H18N4OS. The third kappa shape index (κ3) is 4.53. The highest BCUT2D eigenvalue weighted by Crippen LogP contribution is 2.16. The first-order valence-electron chi connectivity index (χ1n) is 6.82. The Morgan fingerprint density at radius 1 is 1.23 bits per heavy atom. The van der Waals surface area contributed by atoms with Crippen molar-refractivity contribution >= 4 is 23.0 Å². The van der Waals surface area contributed by atoms with Crippen molar-refractivity contribution in [3.05, 3.63) is 59.9 Å². The van der Waals surface area contributed by atoms with E-state index in [-0.39, 0.29) is 0 Å². The highest BCUT2D eigenvalue weighted by Gasteiger charge is 2.02. The molecule has 1 aromatic carbocycles. The predicted octanol–water partition coefficient (Wildman–Crippen LogP) is 2.48. The van der Waals surface area contributed by atoms with Gasteiger partial charge >= 0.3 is 0 Å². The number of aromatic nitrogens is 1. The number of pyridine rings is 1. The van der Waals surface area contributed by atoms with E-state index in [1.807, 2.05) is 49.4 Å². The van der Waals surface area contributed by atoms with Crippen LogP contribution in [0.3, 0.4) is 0 Å². The van der Waals surface area contributed by atoms with E-state index in [1.54, 1.807) is 13.3 Å². The summed E-state index contributed by atoms with van der Waals surface area (Å²) in [6, 6.07) is 13.5.